The Morgan fingerprint density at radius 3 is 2.52 bits per heavy atom. The lowest BCUT2D eigenvalue weighted by molar-refractivity contribution is -0.139. The molecule has 5 rings (SSSR count). The molecule has 3 N–H and O–H groups in total. The van der Waals surface area contributed by atoms with Crippen LogP contribution in [-0.2, 0) is 15.5 Å². The Bertz CT molecular complexity index is 1350. The molecule has 3 heterocycles. The normalized spacial score (nSPS) is 15.5. The molecular formula is C22H15F2N5O2. The van der Waals surface area contributed by atoms with Crippen molar-refractivity contribution in [3.05, 3.63) is 83.8 Å². The van der Waals surface area contributed by atoms with E-state index in [0.29, 0.717) is 16.8 Å². The van der Waals surface area contributed by atoms with E-state index in [1.165, 1.54) is 18.5 Å². The lowest BCUT2D eigenvalue weighted by atomic mass is 9.88. The van der Waals surface area contributed by atoms with Crippen LogP contribution in [-0.4, -0.2) is 26.4 Å². The Balaban J connectivity index is 1.51. The molecule has 2 aromatic carbocycles. The molecule has 1 unspecified atom stereocenters. The summed E-state index contributed by atoms with van der Waals surface area (Å²) in [5.41, 5.74) is 8.51. The second kappa shape index (κ2) is 6.69. The van der Waals surface area contributed by atoms with Gasteiger partial charge in [-0.15, -0.1) is 0 Å². The highest BCUT2D eigenvalue weighted by Gasteiger charge is 2.48. The van der Waals surface area contributed by atoms with Crippen LogP contribution in [0.25, 0.3) is 16.8 Å². The number of nitrogens with zero attached hydrogens (tertiary/aromatic N) is 3. The van der Waals surface area contributed by atoms with Crippen LogP contribution in [0.15, 0.2) is 67.1 Å². The minimum Gasteiger partial charge on any atom is -0.369 e. The van der Waals surface area contributed by atoms with Gasteiger partial charge in [-0.3, -0.25) is 9.59 Å². The van der Waals surface area contributed by atoms with E-state index in [4.69, 9.17) is 5.73 Å². The van der Waals surface area contributed by atoms with Crippen molar-refractivity contribution in [3.8, 4) is 11.1 Å². The van der Waals surface area contributed by atoms with E-state index in [9.17, 15) is 18.4 Å². The molecule has 0 fully saturated rings. The summed E-state index contributed by atoms with van der Waals surface area (Å²) in [7, 11) is 0. The first-order valence-electron chi connectivity index (χ1n) is 9.37. The maximum Gasteiger partial charge on any atom is 0.352 e. The summed E-state index contributed by atoms with van der Waals surface area (Å²) < 4.78 is 30.0. The number of carbonyl (C=O) groups is 2. The molecule has 4 aromatic rings. The molecule has 0 aliphatic carbocycles. The molecule has 1 aliphatic heterocycles. The number of nitrogens with two attached hydrogens (primary N) is 1. The van der Waals surface area contributed by atoms with Crippen LogP contribution in [0.1, 0.15) is 22.6 Å². The first-order valence-corrected chi connectivity index (χ1v) is 9.37. The number of benzene rings is 2. The van der Waals surface area contributed by atoms with Gasteiger partial charge in [0.1, 0.15) is 6.33 Å². The molecule has 1 atom stereocenters. The van der Waals surface area contributed by atoms with E-state index >= 15 is 0 Å². The van der Waals surface area contributed by atoms with Crippen molar-refractivity contribution < 1.29 is 18.4 Å². The highest BCUT2D eigenvalue weighted by molar-refractivity contribution is 6.04. The van der Waals surface area contributed by atoms with Crippen molar-refractivity contribution in [3.63, 3.8) is 0 Å². The molecule has 2 aromatic heterocycles. The van der Waals surface area contributed by atoms with Crippen molar-refractivity contribution in [2.75, 3.05) is 5.32 Å². The Hall–Kier alpha value is -4.14. The van der Waals surface area contributed by atoms with Gasteiger partial charge >= 0.3 is 5.92 Å². The Labute approximate surface area is 174 Å². The average Bonchev–Trinajstić information content (AvgIpc) is 3.30. The fourth-order valence-electron chi connectivity index (χ4n) is 3.82. The number of amides is 2. The van der Waals surface area contributed by atoms with Gasteiger partial charge < -0.3 is 11.1 Å². The number of anilines is 1. The number of pyridine rings is 1. The number of aromatic nitrogens is 3. The molecule has 0 spiro atoms. The van der Waals surface area contributed by atoms with Gasteiger partial charge in [0.05, 0.1) is 17.2 Å². The topological polar surface area (TPSA) is 102 Å². The second-order valence-electron chi connectivity index (χ2n) is 7.27. The maximum absolute atomic E-state index is 14.2. The Kier molecular flexibility index (Phi) is 4.07. The molecule has 9 heteroatoms. The molecule has 31 heavy (non-hydrogen) atoms. The number of fused-ring (bicyclic) bond motifs is 2. The van der Waals surface area contributed by atoms with Gasteiger partial charge in [-0.25, -0.2) is 9.50 Å². The summed E-state index contributed by atoms with van der Waals surface area (Å²) in [6, 6.07) is 14.9. The van der Waals surface area contributed by atoms with Gasteiger partial charge in [0.25, 0.3) is 5.91 Å². The third kappa shape index (κ3) is 3.02. The molecule has 2 amide bonds. The zero-order valence-corrected chi connectivity index (χ0v) is 15.9. The van der Waals surface area contributed by atoms with Gasteiger partial charge in [0.15, 0.2) is 5.65 Å². The van der Waals surface area contributed by atoms with E-state index in [1.807, 2.05) is 24.3 Å². The van der Waals surface area contributed by atoms with Crippen molar-refractivity contribution in [2.45, 2.75) is 11.8 Å². The molecule has 0 bridgehead atoms. The number of hydrogen-bond donors (Lipinski definition) is 2. The number of carbonyl (C=O) groups excluding carboxylic acids is 2. The zero-order chi connectivity index (χ0) is 21.8. The largest absolute Gasteiger partial charge is 0.369 e. The van der Waals surface area contributed by atoms with Crippen molar-refractivity contribution >= 4 is 23.1 Å². The number of hydrogen-bond acceptors (Lipinski definition) is 4. The van der Waals surface area contributed by atoms with Crippen LogP contribution in [0.2, 0.25) is 0 Å². The second-order valence-corrected chi connectivity index (χ2v) is 7.27. The van der Waals surface area contributed by atoms with Crippen LogP contribution in [0.5, 0.6) is 0 Å². The SMILES string of the molecule is NC(=O)C(c1ccc(-c2ccn3ncnc3c2)cc1)c1ccc2c(c1)C(F)(F)C(=O)N2. The molecule has 0 saturated heterocycles. The number of rotatable bonds is 4. The summed E-state index contributed by atoms with van der Waals surface area (Å²) in [6.45, 7) is 0. The standard InChI is InChI=1S/C22H15F2N5O2/c23-22(24)16-9-15(5-6-17(16)28-21(22)31)19(20(25)30)13-3-1-12(2-4-13)14-7-8-29-18(10-14)26-11-27-29/h1-11,19H,(H2,25,30)(H,28,31). The predicted molar refractivity (Wildman–Crippen MR) is 108 cm³/mol. The van der Waals surface area contributed by atoms with E-state index in [1.54, 1.807) is 22.8 Å². The summed E-state index contributed by atoms with van der Waals surface area (Å²) in [4.78, 5) is 27.9. The van der Waals surface area contributed by atoms with Crippen molar-refractivity contribution in [1.29, 1.82) is 0 Å². The molecular weight excluding hydrogens is 404 g/mol. The minimum absolute atomic E-state index is 0.0289. The van der Waals surface area contributed by atoms with Crippen LogP contribution in [0, 0.1) is 0 Å². The lowest BCUT2D eigenvalue weighted by Gasteiger charge is -2.17. The van der Waals surface area contributed by atoms with Crippen LogP contribution in [0.3, 0.4) is 0 Å². The highest BCUT2D eigenvalue weighted by atomic mass is 19.3. The highest BCUT2D eigenvalue weighted by Crippen LogP contribution is 2.42. The van der Waals surface area contributed by atoms with Gasteiger partial charge in [0, 0.05) is 6.20 Å². The molecule has 1 aliphatic rings. The summed E-state index contributed by atoms with van der Waals surface area (Å²) in [5.74, 6) is -6.66. The first-order chi connectivity index (χ1) is 14.8. The number of nitrogens with one attached hydrogen (secondary N) is 1. The lowest BCUT2D eigenvalue weighted by Crippen LogP contribution is -2.25. The predicted octanol–water partition coefficient (Wildman–Crippen LogP) is 3.06. The summed E-state index contributed by atoms with van der Waals surface area (Å²) >= 11 is 0. The van der Waals surface area contributed by atoms with Crippen molar-refractivity contribution in [1.82, 2.24) is 14.6 Å². The first kappa shape index (κ1) is 18.9. The number of primary amides is 1. The fraction of sp³-hybridized carbons (Fsp3) is 0.0909. The molecule has 0 radical (unpaired) electrons. The molecule has 154 valence electrons. The quantitative estimate of drug-likeness (QED) is 0.531. The number of halogens is 2. The van der Waals surface area contributed by atoms with Gasteiger partial charge in [-0.05, 0) is 46.5 Å². The molecule has 0 saturated carbocycles. The summed E-state index contributed by atoms with van der Waals surface area (Å²) in [5, 5.41) is 6.20. The van der Waals surface area contributed by atoms with Crippen LogP contribution < -0.4 is 11.1 Å². The van der Waals surface area contributed by atoms with Gasteiger partial charge in [0.2, 0.25) is 5.91 Å². The van der Waals surface area contributed by atoms with E-state index in [-0.39, 0.29) is 5.69 Å². The van der Waals surface area contributed by atoms with Gasteiger partial charge in [-0.1, -0.05) is 30.3 Å². The van der Waals surface area contributed by atoms with E-state index in [0.717, 1.165) is 17.2 Å². The van der Waals surface area contributed by atoms with E-state index < -0.39 is 29.2 Å². The Morgan fingerprint density at radius 1 is 1.03 bits per heavy atom. The number of alkyl halides is 2. The summed E-state index contributed by atoms with van der Waals surface area (Å²) in [6.07, 6.45) is 3.25. The molecule has 7 nitrogen and oxygen atoms in total. The smallest absolute Gasteiger partial charge is 0.352 e. The fourth-order valence-corrected chi connectivity index (χ4v) is 3.82. The maximum atomic E-state index is 14.2. The third-order valence-corrected chi connectivity index (χ3v) is 5.39. The minimum atomic E-state index is -3.66. The van der Waals surface area contributed by atoms with Crippen LogP contribution in [0.4, 0.5) is 14.5 Å². The Morgan fingerprint density at radius 2 is 1.77 bits per heavy atom. The monoisotopic (exact) mass is 419 g/mol. The zero-order valence-electron chi connectivity index (χ0n) is 15.9. The van der Waals surface area contributed by atoms with E-state index in [2.05, 4.69) is 15.4 Å². The van der Waals surface area contributed by atoms with Gasteiger partial charge in [-0.2, -0.15) is 13.9 Å². The van der Waals surface area contributed by atoms with Crippen LogP contribution >= 0.6 is 0 Å². The van der Waals surface area contributed by atoms with Crippen molar-refractivity contribution in [2.24, 2.45) is 5.73 Å². The average molecular weight is 419 g/mol. The third-order valence-electron chi connectivity index (χ3n) is 5.39.